The Bertz CT molecular complexity index is 388. The summed E-state index contributed by atoms with van der Waals surface area (Å²) in [7, 11) is 5.08. The van der Waals surface area contributed by atoms with Crippen molar-refractivity contribution in [2.75, 3.05) is 19.0 Å². The summed E-state index contributed by atoms with van der Waals surface area (Å²) < 4.78 is 1.33. The molecule has 0 atom stereocenters. The smallest absolute Gasteiger partial charge is 0.328 e. The number of aromatic nitrogens is 2. The molecular weight excluding hydrogens is 158 g/mol. The molecule has 0 aromatic carbocycles. The monoisotopic (exact) mass is 169 g/mol. The molecule has 0 aliphatic rings. The Morgan fingerprint density at radius 1 is 1.42 bits per heavy atom. The van der Waals surface area contributed by atoms with E-state index in [0.717, 1.165) is 0 Å². The maximum Gasteiger partial charge on any atom is 0.328 e. The minimum Gasteiger partial charge on any atom is -0.372 e. The van der Waals surface area contributed by atoms with Crippen LogP contribution in [0.15, 0.2) is 15.8 Å². The number of nitrogens with zero attached hydrogens (tertiary/aromatic N) is 2. The van der Waals surface area contributed by atoms with Crippen LogP contribution in [0, 0.1) is 0 Å². The molecule has 5 nitrogen and oxygen atoms in total. The number of H-pyrrole nitrogens is 1. The summed E-state index contributed by atoms with van der Waals surface area (Å²) in [6, 6.07) is 0. The van der Waals surface area contributed by atoms with Gasteiger partial charge in [0.25, 0.3) is 5.56 Å². The largest absolute Gasteiger partial charge is 0.372 e. The Hall–Kier alpha value is -1.52. The lowest BCUT2D eigenvalue weighted by Crippen LogP contribution is -2.31. The third kappa shape index (κ3) is 1.39. The van der Waals surface area contributed by atoms with Gasteiger partial charge in [-0.2, -0.15) is 0 Å². The first kappa shape index (κ1) is 8.58. The average Bonchev–Trinajstić information content (AvgIpc) is 1.96. The Balaban J connectivity index is 3.44. The molecule has 0 amide bonds. The molecule has 0 bridgehead atoms. The fourth-order valence-corrected chi connectivity index (χ4v) is 0.869. The molecule has 0 aliphatic carbocycles. The third-order valence-electron chi connectivity index (χ3n) is 1.57. The topological polar surface area (TPSA) is 58.1 Å². The van der Waals surface area contributed by atoms with Gasteiger partial charge in [0.05, 0.1) is 0 Å². The van der Waals surface area contributed by atoms with E-state index in [1.807, 2.05) is 0 Å². The molecule has 1 N–H and O–H groups in total. The summed E-state index contributed by atoms with van der Waals surface area (Å²) in [5, 5.41) is 0. The van der Waals surface area contributed by atoms with Crippen LogP contribution < -0.4 is 16.1 Å². The molecule has 1 aromatic rings. The van der Waals surface area contributed by atoms with Gasteiger partial charge in [-0.25, -0.2) is 4.79 Å². The van der Waals surface area contributed by atoms with Gasteiger partial charge in [0.1, 0.15) is 5.69 Å². The van der Waals surface area contributed by atoms with E-state index in [0.29, 0.717) is 5.69 Å². The number of nitrogens with one attached hydrogen (secondary N) is 1. The number of hydrogen-bond donors (Lipinski definition) is 1. The van der Waals surface area contributed by atoms with E-state index in [2.05, 4.69) is 4.98 Å². The van der Waals surface area contributed by atoms with Gasteiger partial charge in [-0.15, -0.1) is 0 Å². The minimum atomic E-state index is -0.398. The number of rotatable bonds is 1. The zero-order valence-electron chi connectivity index (χ0n) is 7.29. The molecule has 1 aromatic heterocycles. The molecule has 66 valence electrons. The Labute approximate surface area is 69.3 Å². The van der Waals surface area contributed by atoms with Crippen molar-refractivity contribution in [1.29, 1.82) is 0 Å². The normalized spacial score (nSPS) is 9.92. The van der Waals surface area contributed by atoms with Gasteiger partial charge in [-0.3, -0.25) is 9.78 Å². The van der Waals surface area contributed by atoms with Gasteiger partial charge in [-0.1, -0.05) is 0 Å². The number of hydrogen-bond acceptors (Lipinski definition) is 3. The van der Waals surface area contributed by atoms with E-state index in [-0.39, 0.29) is 5.56 Å². The van der Waals surface area contributed by atoms with E-state index in [4.69, 9.17) is 0 Å². The second-order valence-corrected chi connectivity index (χ2v) is 2.78. The number of anilines is 1. The van der Waals surface area contributed by atoms with Crippen molar-refractivity contribution < 1.29 is 0 Å². The molecule has 0 saturated carbocycles. The lowest BCUT2D eigenvalue weighted by molar-refractivity contribution is 0.793. The van der Waals surface area contributed by atoms with Gasteiger partial charge in [-0.05, 0) is 0 Å². The van der Waals surface area contributed by atoms with Gasteiger partial charge < -0.3 is 9.47 Å². The predicted octanol–water partition coefficient (Wildman–Crippen LogP) is -0.860. The second-order valence-electron chi connectivity index (χ2n) is 2.78. The van der Waals surface area contributed by atoms with Crippen molar-refractivity contribution in [3.63, 3.8) is 0 Å². The summed E-state index contributed by atoms with van der Waals surface area (Å²) in [6.45, 7) is 0. The highest BCUT2D eigenvalue weighted by Crippen LogP contribution is 1.97. The highest BCUT2D eigenvalue weighted by Gasteiger charge is 2.02. The molecule has 0 aliphatic heterocycles. The first-order valence-electron chi connectivity index (χ1n) is 3.49. The summed E-state index contributed by atoms with van der Waals surface area (Å²) in [5.41, 5.74) is -0.286. The average molecular weight is 169 g/mol. The second kappa shape index (κ2) is 2.84. The molecule has 1 rings (SSSR count). The molecule has 12 heavy (non-hydrogen) atoms. The molecule has 0 unspecified atom stereocenters. The zero-order chi connectivity index (χ0) is 9.30. The SMILES string of the molecule is CN(C)c1cn(C)c(=O)[nH]c1=O. The van der Waals surface area contributed by atoms with Gasteiger partial charge in [0.2, 0.25) is 0 Å². The zero-order valence-corrected chi connectivity index (χ0v) is 7.29. The van der Waals surface area contributed by atoms with Crippen LogP contribution in [-0.2, 0) is 7.05 Å². The summed E-state index contributed by atoms with van der Waals surface area (Å²) in [5.74, 6) is 0. The Morgan fingerprint density at radius 2 is 2.00 bits per heavy atom. The highest BCUT2D eigenvalue weighted by atomic mass is 16.2. The Morgan fingerprint density at radius 3 is 2.50 bits per heavy atom. The van der Waals surface area contributed by atoms with Gasteiger partial charge >= 0.3 is 5.69 Å². The lowest BCUT2D eigenvalue weighted by Gasteiger charge is -2.10. The fourth-order valence-electron chi connectivity index (χ4n) is 0.869. The molecule has 0 radical (unpaired) electrons. The van der Waals surface area contributed by atoms with Crippen LogP contribution in [0.4, 0.5) is 5.69 Å². The minimum absolute atomic E-state index is 0.358. The quantitative estimate of drug-likeness (QED) is 0.595. The predicted molar refractivity (Wildman–Crippen MR) is 46.6 cm³/mol. The number of aromatic amines is 1. The van der Waals surface area contributed by atoms with Crippen molar-refractivity contribution >= 4 is 5.69 Å². The molecule has 0 fully saturated rings. The standard InChI is InChI=1S/C7H11N3O2/c1-9(2)5-4-10(3)7(12)8-6(5)11/h4H,1-3H3,(H,8,11,12). The van der Waals surface area contributed by atoms with E-state index in [1.165, 1.54) is 10.8 Å². The lowest BCUT2D eigenvalue weighted by atomic mass is 10.5. The van der Waals surface area contributed by atoms with Crippen molar-refractivity contribution in [1.82, 2.24) is 9.55 Å². The van der Waals surface area contributed by atoms with Crippen molar-refractivity contribution in [3.05, 3.63) is 27.0 Å². The van der Waals surface area contributed by atoms with Crippen LogP contribution >= 0.6 is 0 Å². The van der Waals surface area contributed by atoms with Crippen molar-refractivity contribution in [3.8, 4) is 0 Å². The molecule has 0 spiro atoms. The van der Waals surface area contributed by atoms with E-state index >= 15 is 0 Å². The van der Waals surface area contributed by atoms with Crippen LogP contribution in [0.3, 0.4) is 0 Å². The first-order valence-corrected chi connectivity index (χ1v) is 3.49. The third-order valence-corrected chi connectivity index (χ3v) is 1.57. The molecule has 5 heteroatoms. The van der Waals surface area contributed by atoms with Crippen LogP contribution in [0.1, 0.15) is 0 Å². The summed E-state index contributed by atoms with van der Waals surface area (Å²) in [4.78, 5) is 25.9. The number of aryl methyl sites for hydroxylation is 1. The molecular formula is C7H11N3O2. The summed E-state index contributed by atoms with van der Waals surface area (Å²) >= 11 is 0. The van der Waals surface area contributed by atoms with Crippen molar-refractivity contribution in [2.24, 2.45) is 7.05 Å². The van der Waals surface area contributed by atoms with Gasteiger partial charge in [0, 0.05) is 27.3 Å². The molecule has 0 saturated heterocycles. The van der Waals surface area contributed by atoms with Crippen LogP contribution in [0.2, 0.25) is 0 Å². The fraction of sp³-hybridized carbons (Fsp3) is 0.429. The van der Waals surface area contributed by atoms with E-state index in [9.17, 15) is 9.59 Å². The highest BCUT2D eigenvalue weighted by molar-refractivity contribution is 5.39. The Kier molecular flexibility index (Phi) is 2.03. The molecule has 1 heterocycles. The van der Waals surface area contributed by atoms with Crippen LogP contribution in [0.25, 0.3) is 0 Å². The van der Waals surface area contributed by atoms with Gasteiger partial charge in [0.15, 0.2) is 0 Å². The van der Waals surface area contributed by atoms with Crippen LogP contribution in [0.5, 0.6) is 0 Å². The van der Waals surface area contributed by atoms with E-state index in [1.54, 1.807) is 26.0 Å². The first-order chi connectivity index (χ1) is 5.52. The van der Waals surface area contributed by atoms with Crippen molar-refractivity contribution in [2.45, 2.75) is 0 Å². The van der Waals surface area contributed by atoms with Crippen LogP contribution in [-0.4, -0.2) is 23.6 Å². The maximum atomic E-state index is 11.1. The summed E-state index contributed by atoms with van der Waals surface area (Å²) in [6.07, 6.45) is 1.50. The van der Waals surface area contributed by atoms with E-state index < -0.39 is 5.69 Å². The maximum absolute atomic E-state index is 11.1.